The zero-order valence-corrected chi connectivity index (χ0v) is 15.6. The van der Waals surface area contributed by atoms with Crippen LogP contribution in [-0.2, 0) is 6.42 Å². The lowest BCUT2D eigenvalue weighted by Crippen LogP contribution is -2.48. The molecule has 1 aliphatic heterocycles. The van der Waals surface area contributed by atoms with Crippen LogP contribution in [-0.4, -0.2) is 35.4 Å². The number of aryl methyl sites for hydroxylation is 1. The lowest BCUT2D eigenvalue weighted by molar-refractivity contribution is 0.0629. The summed E-state index contributed by atoms with van der Waals surface area (Å²) in [6, 6.07) is 9.63. The van der Waals surface area contributed by atoms with Gasteiger partial charge in [0, 0.05) is 25.8 Å². The average Bonchev–Trinajstić information content (AvgIpc) is 2.62. The summed E-state index contributed by atoms with van der Waals surface area (Å²) in [4.78, 5) is 18.2. The zero-order chi connectivity index (χ0) is 16.2. The van der Waals surface area contributed by atoms with E-state index in [9.17, 15) is 9.18 Å². The van der Waals surface area contributed by atoms with Gasteiger partial charge in [-0.1, -0.05) is 31.2 Å². The Bertz CT molecular complexity index is 697. The SMILES string of the molecule is CCc1ccc(C2CNCCN2C(=O)c2ccncc2F)cc1.Cl.Cl. The van der Waals surface area contributed by atoms with E-state index in [2.05, 4.69) is 41.5 Å². The van der Waals surface area contributed by atoms with Crippen LogP contribution in [0.2, 0.25) is 0 Å². The molecule has 1 aromatic carbocycles. The molecular formula is C18H22Cl2FN3O. The van der Waals surface area contributed by atoms with Crippen molar-refractivity contribution in [1.29, 1.82) is 0 Å². The molecule has 4 nitrogen and oxygen atoms in total. The molecule has 3 rings (SSSR count). The fraction of sp³-hybridized carbons (Fsp3) is 0.333. The number of hydrogen-bond donors (Lipinski definition) is 1. The van der Waals surface area contributed by atoms with Gasteiger partial charge in [-0.15, -0.1) is 24.8 Å². The number of carbonyl (C=O) groups is 1. The lowest BCUT2D eigenvalue weighted by Gasteiger charge is -2.36. The van der Waals surface area contributed by atoms with E-state index in [-0.39, 0.29) is 42.3 Å². The quantitative estimate of drug-likeness (QED) is 0.880. The number of hydrogen-bond acceptors (Lipinski definition) is 3. The van der Waals surface area contributed by atoms with E-state index in [1.165, 1.54) is 17.8 Å². The number of amides is 1. The number of carbonyl (C=O) groups excluding carboxylic acids is 1. The van der Waals surface area contributed by atoms with Gasteiger partial charge in [0.2, 0.25) is 0 Å². The molecule has 0 saturated carbocycles. The Morgan fingerprint density at radius 2 is 2.00 bits per heavy atom. The van der Waals surface area contributed by atoms with Crippen LogP contribution < -0.4 is 5.32 Å². The Kier molecular flexibility index (Phi) is 8.29. The maximum absolute atomic E-state index is 13.9. The highest BCUT2D eigenvalue weighted by Crippen LogP contribution is 2.25. The fourth-order valence-electron chi connectivity index (χ4n) is 2.92. The van der Waals surface area contributed by atoms with Crippen molar-refractivity contribution in [1.82, 2.24) is 15.2 Å². The highest BCUT2D eigenvalue weighted by molar-refractivity contribution is 5.94. The first-order valence-corrected chi connectivity index (χ1v) is 7.90. The number of pyridine rings is 1. The molecule has 2 heterocycles. The summed E-state index contributed by atoms with van der Waals surface area (Å²) in [5.74, 6) is -0.855. The van der Waals surface area contributed by atoms with Crippen molar-refractivity contribution in [3.8, 4) is 0 Å². The average molecular weight is 386 g/mol. The van der Waals surface area contributed by atoms with Gasteiger partial charge in [0.25, 0.3) is 5.91 Å². The van der Waals surface area contributed by atoms with Crippen LogP contribution in [0.4, 0.5) is 4.39 Å². The molecule has 1 fully saturated rings. The highest BCUT2D eigenvalue weighted by Gasteiger charge is 2.29. The lowest BCUT2D eigenvalue weighted by atomic mass is 10.00. The first-order valence-electron chi connectivity index (χ1n) is 7.90. The smallest absolute Gasteiger partial charge is 0.257 e. The molecule has 0 radical (unpaired) electrons. The Hall–Kier alpha value is -1.69. The molecule has 1 unspecified atom stereocenters. The standard InChI is InChI=1S/C18H20FN3O.2ClH/c1-2-13-3-5-14(6-4-13)17-12-21-9-10-22(17)18(23)15-7-8-20-11-16(15)19;;/h3-8,11,17,21H,2,9-10,12H2,1H3;2*1H. The third-order valence-electron chi connectivity index (χ3n) is 4.28. The summed E-state index contributed by atoms with van der Waals surface area (Å²) in [5, 5.41) is 3.31. The molecule has 0 bridgehead atoms. The Labute approximate surface area is 159 Å². The Morgan fingerprint density at radius 1 is 1.28 bits per heavy atom. The topological polar surface area (TPSA) is 45.2 Å². The van der Waals surface area contributed by atoms with Crippen molar-refractivity contribution in [3.63, 3.8) is 0 Å². The van der Waals surface area contributed by atoms with Crippen LogP contribution in [0.25, 0.3) is 0 Å². The molecule has 2 aromatic rings. The first kappa shape index (κ1) is 21.4. The van der Waals surface area contributed by atoms with Gasteiger partial charge in [0.1, 0.15) is 0 Å². The molecule has 1 amide bonds. The second kappa shape index (κ2) is 9.70. The molecule has 0 aliphatic carbocycles. The predicted molar refractivity (Wildman–Crippen MR) is 101 cm³/mol. The van der Waals surface area contributed by atoms with Gasteiger partial charge in [-0.3, -0.25) is 9.78 Å². The van der Waals surface area contributed by atoms with Gasteiger partial charge < -0.3 is 10.2 Å². The highest BCUT2D eigenvalue weighted by atomic mass is 35.5. The maximum Gasteiger partial charge on any atom is 0.257 e. The number of nitrogens with zero attached hydrogens (tertiary/aromatic N) is 2. The van der Waals surface area contributed by atoms with Crippen LogP contribution in [0.3, 0.4) is 0 Å². The van der Waals surface area contributed by atoms with Crippen molar-refractivity contribution in [2.75, 3.05) is 19.6 Å². The molecular weight excluding hydrogens is 364 g/mol. The second-order valence-corrected chi connectivity index (χ2v) is 5.67. The van der Waals surface area contributed by atoms with Gasteiger partial charge in [-0.25, -0.2) is 4.39 Å². The summed E-state index contributed by atoms with van der Waals surface area (Å²) in [6.45, 7) is 4.05. The minimum atomic E-state index is -0.573. The largest absolute Gasteiger partial charge is 0.329 e. The number of halogens is 3. The van der Waals surface area contributed by atoms with Gasteiger partial charge >= 0.3 is 0 Å². The van der Waals surface area contributed by atoms with Crippen molar-refractivity contribution in [3.05, 3.63) is 65.2 Å². The molecule has 7 heteroatoms. The molecule has 1 atom stereocenters. The predicted octanol–water partition coefficient (Wildman–Crippen LogP) is 3.41. The molecule has 25 heavy (non-hydrogen) atoms. The summed E-state index contributed by atoms with van der Waals surface area (Å²) in [5.41, 5.74) is 2.41. The van der Waals surface area contributed by atoms with Crippen LogP contribution >= 0.6 is 24.8 Å². The molecule has 1 aromatic heterocycles. The third-order valence-corrected chi connectivity index (χ3v) is 4.28. The third kappa shape index (κ3) is 4.69. The Morgan fingerprint density at radius 3 is 2.64 bits per heavy atom. The van der Waals surface area contributed by atoms with Crippen LogP contribution in [0.15, 0.2) is 42.7 Å². The van der Waals surface area contributed by atoms with E-state index in [0.717, 1.165) is 18.2 Å². The Balaban J connectivity index is 0.00000156. The number of rotatable bonds is 3. The van der Waals surface area contributed by atoms with Gasteiger partial charge in [0.15, 0.2) is 5.82 Å². The fourth-order valence-corrected chi connectivity index (χ4v) is 2.92. The van der Waals surface area contributed by atoms with Crippen LogP contribution in [0, 0.1) is 5.82 Å². The minimum absolute atomic E-state index is 0. The molecule has 1 aliphatic rings. The summed E-state index contributed by atoms with van der Waals surface area (Å²) in [6.07, 6.45) is 3.51. The monoisotopic (exact) mass is 385 g/mol. The van der Waals surface area contributed by atoms with Crippen molar-refractivity contribution in [2.24, 2.45) is 0 Å². The summed E-state index contributed by atoms with van der Waals surface area (Å²) in [7, 11) is 0. The van der Waals surface area contributed by atoms with E-state index in [0.29, 0.717) is 19.6 Å². The van der Waals surface area contributed by atoms with Crippen LogP contribution in [0.5, 0.6) is 0 Å². The van der Waals surface area contributed by atoms with E-state index in [1.807, 2.05) is 0 Å². The van der Waals surface area contributed by atoms with Gasteiger partial charge in [0.05, 0.1) is 17.8 Å². The van der Waals surface area contributed by atoms with Gasteiger partial charge in [-0.05, 0) is 23.6 Å². The normalized spacial score (nSPS) is 16.6. The summed E-state index contributed by atoms with van der Waals surface area (Å²) < 4.78 is 13.9. The molecule has 1 N–H and O–H groups in total. The molecule has 136 valence electrons. The summed E-state index contributed by atoms with van der Waals surface area (Å²) >= 11 is 0. The first-order chi connectivity index (χ1) is 11.2. The number of nitrogens with one attached hydrogen (secondary N) is 1. The number of benzene rings is 1. The second-order valence-electron chi connectivity index (χ2n) is 5.67. The van der Waals surface area contributed by atoms with Crippen molar-refractivity contribution in [2.45, 2.75) is 19.4 Å². The van der Waals surface area contributed by atoms with E-state index in [4.69, 9.17) is 0 Å². The van der Waals surface area contributed by atoms with E-state index >= 15 is 0 Å². The number of piperazine rings is 1. The maximum atomic E-state index is 13.9. The van der Waals surface area contributed by atoms with E-state index < -0.39 is 5.82 Å². The van der Waals surface area contributed by atoms with Crippen molar-refractivity contribution < 1.29 is 9.18 Å². The molecule has 0 spiro atoms. The number of aromatic nitrogens is 1. The minimum Gasteiger partial charge on any atom is -0.329 e. The van der Waals surface area contributed by atoms with Crippen LogP contribution in [0.1, 0.15) is 34.5 Å². The van der Waals surface area contributed by atoms with E-state index in [1.54, 1.807) is 4.90 Å². The molecule has 1 saturated heterocycles. The van der Waals surface area contributed by atoms with Gasteiger partial charge in [-0.2, -0.15) is 0 Å². The zero-order valence-electron chi connectivity index (χ0n) is 13.9. The van der Waals surface area contributed by atoms with Crippen molar-refractivity contribution >= 4 is 30.7 Å².